The molecule has 0 radical (unpaired) electrons. The number of carboxylic acid groups (broad SMARTS) is 1. The number of hydrogen-bond donors (Lipinski definition) is 2. The number of furan rings is 1. The van der Waals surface area contributed by atoms with Gasteiger partial charge in [-0.05, 0) is 36.4 Å². The maximum atomic E-state index is 11.5. The van der Waals surface area contributed by atoms with Crippen molar-refractivity contribution in [2.24, 2.45) is 0 Å². The van der Waals surface area contributed by atoms with Crippen LogP contribution < -0.4 is 10.1 Å². The van der Waals surface area contributed by atoms with E-state index in [9.17, 15) is 9.59 Å². The predicted octanol–water partition coefficient (Wildman–Crippen LogP) is 1.79. The number of rotatable bonds is 6. The number of carbonyl (C=O) groups is 2. The van der Waals surface area contributed by atoms with Crippen molar-refractivity contribution >= 4 is 11.9 Å². The van der Waals surface area contributed by atoms with Crippen LogP contribution in [0, 0.1) is 0 Å². The van der Waals surface area contributed by atoms with E-state index in [2.05, 4.69) is 5.32 Å². The van der Waals surface area contributed by atoms with Gasteiger partial charge in [-0.1, -0.05) is 0 Å². The maximum absolute atomic E-state index is 11.5. The number of carbonyl (C=O) groups excluding carboxylic acids is 1. The quantitative estimate of drug-likeness (QED) is 0.784. The van der Waals surface area contributed by atoms with Crippen LogP contribution in [0.1, 0.15) is 20.9 Å². The van der Waals surface area contributed by atoms with E-state index in [0.29, 0.717) is 12.3 Å². The lowest BCUT2D eigenvalue weighted by Gasteiger charge is -2.07. The zero-order chi connectivity index (χ0) is 14.4. The summed E-state index contributed by atoms with van der Waals surface area (Å²) in [6, 6.07) is 9.25. The van der Waals surface area contributed by atoms with Gasteiger partial charge in [0.1, 0.15) is 12.4 Å². The highest BCUT2D eigenvalue weighted by atomic mass is 16.5. The molecule has 0 unspecified atom stereocenters. The molecule has 20 heavy (non-hydrogen) atoms. The molecule has 0 fully saturated rings. The second kappa shape index (κ2) is 6.42. The Morgan fingerprint density at radius 1 is 1.20 bits per heavy atom. The molecule has 0 aliphatic carbocycles. The van der Waals surface area contributed by atoms with E-state index in [0.717, 1.165) is 0 Å². The van der Waals surface area contributed by atoms with Crippen molar-refractivity contribution in [1.29, 1.82) is 0 Å². The summed E-state index contributed by atoms with van der Waals surface area (Å²) in [7, 11) is 0. The van der Waals surface area contributed by atoms with E-state index in [1.165, 1.54) is 18.4 Å². The molecule has 104 valence electrons. The highest BCUT2D eigenvalue weighted by Crippen LogP contribution is 2.11. The smallest absolute Gasteiger partial charge is 0.335 e. The molecule has 2 N–H and O–H groups in total. The van der Waals surface area contributed by atoms with E-state index in [1.54, 1.807) is 24.3 Å². The summed E-state index contributed by atoms with van der Waals surface area (Å²) in [6.45, 7) is 0.596. The number of amides is 1. The normalized spacial score (nSPS) is 10.0. The lowest BCUT2D eigenvalue weighted by Crippen LogP contribution is -2.27. The van der Waals surface area contributed by atoms with Crippen molar-refractivity contribution in [3.05, 3.63) is 54.0 Å². The first kappa shape index (κ1) is 13.7. The SMILES string of the molecule is O=C(O)c1ccc(OCCNC(=O)c2ccco2)cc1. The Labute approximate surface area is 115 Å². The number of ether oxygens (including phenoxy) is 1. The van der Waals surface area contributed by atoms with Crippen molar-refractivity contribution < 1.29 is 23.8 Å². The van der Waals surface area contributed by atoms with Crippen molar-refractivity contribution in [2.75, 3.05) is 13.2 Å². The number of benzene rings is 1. The molecule has 0 saturated carbocycles. The Morgan fingerprint density at radius 2 is 1.95 bits per heavy atom. The van der Waals surface area contributed by atoms with E-state index >= 15 is 0 Å². The third kappa shape index (κ3) is 3.61. The summed E-state index contributed by atoms with van der Waals surface area (Å²) >= 11 is 0. The number of nitrogens with one attached hydrogen (secondary N) is 1. The minimum Gasteiger partial charge on any atom is -0.492 e. The topological polar surface area (TPSA) is 88.8 Å². The van der Waals surface area contributed by atoms with Crippen LogP contribution in [-0.2, 0) is 0 Å². The summed E-state index contributed by atoms with van der Waals surface area (Å²) < 4.78 is 10.3. The fraction of sp³-hybridized carbons (Fsp3) is 0.143. The first-order valence-electron chi connectivity index (χ1n) is 5.94. The van der Waals surface area contributed by atoms with Crippen molar-refractivity contribution in [2.45, 2.75) is 0 Å². The molecule has 0 bridgehead atoms. The number of hydrogen-bond acceptors (Lipinski definition) is 4. The van der Waals surface area contributed by atoms with E-state index < -0.39 is 5.97 Å². The maximum Gasteiger partial charge on any atom is 0.335 e. The van der Waals surface area contributed by atoms with Crippen LogP contribution in [0.15, 0.2) is 47.1 Å². The van der Waals surface area contributed by atoms with E-state index in [-0.39, 0.29) is 23.8 Å². The molecular formula is C14H13NO5. The van der Waals surface area contributed by atoms with Crippen molar-refractivity contribution in [3.63, 3.8) is 0 Å². The fourth-order valence-corrected chi connectivity index (χ4v) is 1.52. The molecule has 0 saturated heterocycles. The zero-order valence-electron chi connectivity index (χ0n) is 10.5. The van der Waals surface area contributed by atoms with Gasteiger partial charge in [-0.2, -0.15) is 0 Å². The zero-order valence-corrected chi connectivity index (χ0v) is 10.5. The molecule has 6 nitrogen and oxygen atoms in total. The molecule has 0 aliphatic heterocycles. The average Bonchev–Trinajstić information content (AvgIpc) is 2.98. The summed E-state index contributed by atoms with van der Waals surface area (Å²) in [6.07, 6.45) is 1.43. The highest BCUT2D eigenvalue weighted by Gasteiger charge is 2.07. The Kier molecular flexibility index (Phi) is 4.39. The summed E-state index contributed by atoms with van der Waals surface area (Å²) in [5.41, 5.74) is 0.198. The van der Waals surface area contributed by atoms with Crippen LogP contribution in [0.3, 0.4) is 0 Å². The van der Waals surface area contributed by atoms with Gasteiger partial charge in [0.25, 0.3) is 5.91 Å². The third-order valence-electron chi connectivity index (χ3n) is 2.50. The second-order valence-electron chi connectivity index (χ2n) is 3.91. The van der Waals surface area contributed by atoms with Crippen molar-refractivity contribution in [3.8, 4) is 5.75 Å². The summed E-state index contributed by atoms with van der Waals surface area (Å²) in [5.74, 6) is -0.500. The van der Waals surface area contributed by atoms with Gasteiger partial charge in [-0.25, -0.2) is 4.79 Å². The van der Waals surface area contributed by atoms with Crippen LogP contribution in [0.5, 0.6) is 5.75 Å². The Balaban J connectivity index is 1.73. The Bertz CT molecular complexity index is 574. The lowest BCUT2D eigenvalue weighted by molar-refractivity contribution is 0.0696. The number of aromatic carboxylic acids is 1. The minimum atomic E-state index is -0.984. The van der Waals surface area contributed by atoms with E-state index in [1.807, 2.05) is 0 Å². The predicted molar refractivity (Wildman–Crippen MR) is 69.9 cm³/mol. The van der Waals surface area contributed by atoms with Gasteiger partial charge >= 0.3 is 5.97 Å². The van der Waals surface area contributed by atoms with Gasteiger partial charge in [0.15, 0.2) is 5.76 Å². The lowest BCUT2D eigenvalue weighted by atomic mass is 10.2. The molecule has 1 aromatic heterocycles. The standard InChI is InChI=1S/C14H13NO5/c16-13(12-2-1-8-20-12)15-7-9-19-11-5-3-10(4-6-11)14(17)18/h1-6,8H,7,9H2,(H,15,16)(H,17,18). The second-order valence-corrected chi connectivity index (χ2v) is 3.91. The van der Waals surface area contributed by atoms with Crippen LogP contribution >= 0.6 is 0 Å². The molecule has 0 atom stereocenters. The minimum absolute atomic E-state index is 0.198. The molecule has 0 spiro atoms. The first-order valence-corrected chi connectivity index (χ1v) is 5.94. The first-order chi connectivity index (χ1) is 9.66. The molecule has 1 heterocycles. The molecular weight excluding hydrogens is 262 g/mol. The van der Waals surface area contributed by atoms with Crippen LogP contribution in [0.25, 0.3) is 0 Å². The molecule has 2 aromatic rings. The average molecular weight is 275 g/mol. The Morgan fingerprint density at radius 3 is 2.55 bits per heavy atom. The van der Waals surface area contributed by atoms with Gasteiger partial charge in [0.05, 0.1) is 18.4 Å². The largest absolute Gasteiger partial charge is 0.492 e. The molecule has 1 amide bonds. The highest BCUT2D eigenvalue weighted by molar-refractivity contribution is 5.91. The number of carboxylic acids is 1. The van der Waals surface area contributed by atoms with Crippen LogP contribution in [0.2, 0.25) is 0 Å². The van der Waals surface area contributed by atoms with Gasteiger partial charge in [-0.3, -0.25) is 4.79 Å². The molecule has 1 aromatic carbocycles. The van der Waals surface area contributed by atoms with Gasteiger partial charge in [0, 0.05) is 0 Å². The third-order valence-corrected chi connectivity index (χ3v) is 2.50. The van der Waals surface area contributed by atoms with Crippen LogP contribution in [-0.4, -0.2) is 30.1 Å². The monoisotopic (exact) mass is 275 g/mol. The summed E-state index contributed by atoms with van der Waals surface area (Å²) in [4.78, 5) is 22.2. The summed E-state index contributed by atoms with van der Waals surface area (Å²) in [5, 5.41) is 11.4. The Hall–Kier alpha value is -2.76. The molecule has 0 aliphatic rings. The van der Waals surface area contributed by atoms with Crippen LogP contribution in [0.4, 0.5) is 0 Å². The van der Waals surface area contributed by atoms with Gasteiger partial charge < -0.3 is 19.6 Å². The van der Waals surface area contributed by atoms with E-state index in [4.69, 9.17) is 14.3 Å². The van der Waals surface area contributed by atoms with Gasteiger partial charge in [-0.15, -0.1) is 0 Å². The van der Waals surface area contributed by atoms with Crippen molar-refractivity contribution in [1.82, 2.24) is 5.32 Å². The fourth-order valence-electron chi connectivity index (χ4n) is 1.52. The molecule has 2 rings (SSSR count). The molecule has 6 heteroatoms. The van der Waals surface area contributed by atoms with Gasteiger partial charge in [0.2, 0.25) is 0 Å².